The minimum Gasteiger partial charge on any atom is -0.394 e. The van der Waals surface area contributed by atoms with Crippen molar-refractivity contribution in [3.8, 4) is 0 Å². The summed E-state index contributed by atoms with van der Waals surface area (Å²) in [5.41, 5.74) is 22.1. The molecule has 2 aliphatic heterocycles. The molecule has 1 aliphatic carbocycles. The van der Waals surface area contributed by atoms with Crippen LogP contribution in [0, 0.1) is 0 Å². The highest BCUT2D eigenvalue weighted by atomic mass is 16.7. The maximum Gasteiger partial charge on any atom is 0.251 e. The zero-order valence-electron chi connectivity index (χ0n) is 26.4. The molecule has 282 valence electrons. The Morgan fingerprint density at radius 1 is 0.896 bits per heavy atom. The highest BCUT2D eigenvalue weighted by Gasteiger charge is 2.51. The highest BCUT2D eigenvalue weighted by Crippen LogP contribution is 2.31. The number of carbonyl (C=O) groups excluding carboxylic acids is 1. The summed E-state index contributed by atoms with van der Waals surface area (Å²) in [4.78, 5) is 12.9. The van der Waals surface area contributed by atoms with Gasteiger partial charge in [-0.25, -0.2) is 0 Å². The largest absolute Gasteiger partial charge is 0.394 e. The molecule has 2 saturated heterocycles. The molecule has 3 rings (SSSR count). The number of nitrogens with two attached hydrogens (primary N) is 4. The van der Waals surface area contributed by atoms with Gasteiger partial charge in [-0.2, -0.15) is 0 Å². The average molecular weight is 703 g/mol. The number of amides is 1. The van der Waals surface area contributed by atoms with Crippen LogP contribution in [0.1, 0.15) is 19.3 Å². The van der Waals surface area contributed by atoms with Crippen molar-refractivity contribution in [2.75, 3.05) is 39.5 Å². The molecule has 0 bridgehead atoms. The molecule has 16 atom stereocenters. The van der Waals surface area contributed by atoms with Gasteiger partial charge in [-0.1, -0.05) is 0 Å². The smallest absolute Gasteiger partial charge is 0.251 e. The van der Waals surface area contributed by atoms with E-state index in [1.165, 1.54) is 0 Å². The Morgan fingerprint density at radius 3 is 2.15 bits per heavy atom. The van der Waals surface area contributed by atoms with E-state index in [-0.39, 0.29) is 19.5 Å². The van der Waals surface area contributed by atoms with Crippen molar-refractivity contribution in [1.29, 1.82) is 0 Å². The number of aliphatic hydroxyl groups is 10. The van der Waals surface area contributed by atoms with Gasteiger partial charge in [-0.3, -0.25) is 4.79 Å². The maximum atomic E-state index is 12.9. The van der Waals surface area contributed by atoms with Crippen molar-refractivity contribution in [1.82, 2.24) is 10.6 Å². The molecule has 7 unspecified atom stereocenters. The van der Waals surface area contributed by atoms with Crippen LogP contribution in [0.2, 0.25) is 0 Å². The molecule has 3 fully saturated rings. The molecule has 20 N–H and O–H groups in total. The van der Waals surface area contributed by atoms with Crippen molar-refractivity contribution in [2.24, 2.45) is 22.9 Å². The predicted molar refractivity (Wildman–Crippen MR) is 161 cm³/mol. The van der Waals surface area contributed by atoms with E-state index in [1.54, 1.807) is 0 Å². The van der Waals surface area contributed by atoms with Crippen LogP contribution in [0.15, 0.2) is 0 Å². The van der Waals surface area contributed by atoms with E-state index >= 15 is 0 Å². The van der Waals surface area contributed by atoms with Crippen LogP contribution in [0.5, 0.6) is 0 Å². The lowest BCUT2D eigenvalue weighted by molar-refractivity contribution is -0.314. The molecular weight excluding hydrogens is 648 g/mol. The molecule has 0 radical (unpaired) electrons. The molecule has 3 aliphatic rings. The van der Waals surface area contributed by atoms with Gasteiger partial charge in [-0.05, 0) is 19.3 Å². The maximum absolute atomic E-state index is 12.9. The normalized spacial score (nSPS) is 39.8. The summed E-state index contributed by atoms with van der Waals surface area (Å²) in [6.45, 7) is -2.48. The molecule has 21 nitrogen and oxygen atoms in total. The van der Waals surface area contributed by atoms with Crippen LogP contribution in [0.25, 0.3) is 0 Å². The van der Waals surface area contributed by atoms with E-state index in [1.807, 2.05) is 0 Å². The SMILES string of the molecule is NC[C@H](O)[C@H](O)[C@H](O)C(=O)N[C@@H]1C[C@H](N)C(O[C@H]2O[C@H](CNCC(O)(CO)CO)CCC2N)C(O)C1O[C@H]1OC(CO)C(O)[C@H](N)C1O. The van der Waals surface area contributed by atoms with Crippen LogP contribution in [0.4, 0.5) is 0 Å². The zero-order valence-corrected chi connectivity index (χ0v) is 26.4. The number of aliphatic hydroxyl groups excluding tert-OH is 9. The molecular formula is C27H54N6O15. The van der Waals surface area contributed by atoms with Gasteiger partial charge in [0.1, 0.15) is 48.3 Å². The number of hydrogen-bond donors (Lipinski definition) is 16. The first-order valence-corrected chi connectivity index (χ1v) is 15.8. The third-order valence-corrected chi connectivity index (χ3v) is 9.01. The van der Waals surface area contributed by atoms with Gasteiger partial charge in [0, 0.05) is 25.7 Å². The first kappa shape index (κ1) is 41.1. The zero-order chi connectivity index (χ0) is 35.9. The van der Waals surface area contributed by atoms with Crippen molar-refractivity contribution in [3.63, 3.8) is 0 Å². The first-order valence-electron chi connectivity index (χ1n) is 15.8. The molecule has 0 aromatic heterocycles. The molecule has 0 aromatic rings. The second-order valence-electron chi connectivity index (χ2n) is 12.8. The Hall–Kier alpha value is -1.29. The standard InChI is InChI=1S/C27H54N6O15/c28-4-14(37)17(38)20(41)24(43)33-13-3-12(30)22(21(42)23(13)48-26-19(40)16(31)18(39)15(6-34)46-26)47-25-11(29)2-1-10(45-25)5-32-7-27(44,8-35)9-36/h10-23,25-26,32,34-42,44H,1-9,28-31H2,(H,33,43)/t10-,11?,12-,13+,14-,15?,16-,17-,18?,19?,20-,21?,22?,23?,25+,26+/m0/s1. The van der Waals surface area contributed by atoms with Crippen LogP contribution in [0.3, 0.4) is 0 Å². The van der Waals surface area contributed by atoms with E-state index in [2.05, 4.69) is 10.6 Å². The minimum absolute atomic E-state index is 0.139. The average Bonchev–Trinajstić information content (AvgIpc) is 3.08. The second-order valence-corrected chi connectivity index (χ2v) is 12.8. The molecule has 1 saturated carbocycles. The van der Waals surface area contributed by atoms with E-state index in [0.29, 0.717) is 12.8 Å². The number of nitrogens with one attached hydrogen (secondary N) is 2. The van der Waals surface area contributed by atoms with Crippen LogP contribution in [-0.4, -0.2) is 200 Å². The fraction of sp³-hybridized carbons (Fsp3) is 0.963. The Kier molecular flexibility index (Phi) is 15.7. The number of ether oxygens (including phenoxy) is 4. The van der Waals surface area contributed by atoms with Crippen molar-refractivity contribution < 1.29 is 74.8 Å². The Balaban J connectivity index is 1.79. The number of carbonyl (C=O) groups is 1. The third-order valence-electron chi connectivity index (χ3n) is 9.01. The summed E-state index contributed by atoms with van der Waals surface area (Å²) in [6, 6.07) is -4.29. The van der Waals surface area contributed by atoms with Crippen molar-refractivity contribution >= 4 is 5.91 Å². The van der Waals surface area contributed by atoms with E-state index in [0.717, 1.165) is 0 Å². The summed E-state index contributed by atoms with van der Waals surface area (Å²) in [5.74, 6) is -1.18. The van der Waals surface area contributed by atoms with Crippen LogP contribution in [-0.2, 0) is 23.7 Å². The lowest BCUT2D eigenvalue weighted by Gasteiger charge is -2.48. The summed E-state index contributed by atoms with van der Waals surface area (Å²) in [7, 11) is 0. The van der Waals surface area contributed by atoms with Gasteiger partial charge < -0.3 is 104 Å². The topological polar surface area (TPSA) is 384 Å². The minimum atomic E-state index is -2.16. The Morgan fingerprint density at radius 2 is 1.54 bits per heavy atom. The second kappa shape index (κ2) is 18.3. The van der Waals surface area contributed by atoms with Gasteiger partial charge in [0.15, 0.2) is 18.7 Å². The molecule has 21 heteroatoms. The summed E-state index contributed by atoms with van der Waals surface area (Å²) in [6.07, 6.45) is -17.3. The predicted octanol–water partition coefficient (Wildman–Crippen LogP) is -9.72. The monoisotopic (exact) mass is 702 g/mol. The summed E-state index contributed by atoms with van der Waals surface area (Å²) < 4.78 is 23.5. The van der Waals surface area contributed by atoms with E-state index in [9.17, 15) is 55.9 Å². The Bertz CT molecular complexity index is 988. The highest BCUT2D eigenvalue weighted by molar-refractivity contribution is 5.81. The van der Waals surface area contributed by atoms with Gasteiger partial charge in [-0.15, -0.1) is 0 Å². The van der Waals surface area contributed by atoms with Crippen molar-refractivity contribution in [2.45, 2.75) is 123 Å². The molecule has 0 aromatic carbocycles. The fourth-order valence-corrected chi connectivity index (χ4v) is 5.83. The van der Waals surface area contributed by atoms with E-state index in [4.69, 9.17) is 41.9 Å². The van der Waals surface area contributed by atoms with Crippen LogP contribution < -0.4 is 33.6 Å². The van der Waals surface area contributed by atoms with Gasteiger partial charge in [0.25, 0.3) is 5.91 Å². The molecule has 48 heavy (non-hydrogen) atoms. The fourth-order valence-electron chi connectivity index (χ4n) is 5.83. The molecule has 1 amide bonds. The lowest BCUT2D eigenvalue weighted by Crippen LogP contribution is -2.69. The number of rotatable bonds is 16. The lowest BCUT2D eigenvalue weighted by atomic mass is 9.83. The first-order chi connectivity index (χ1) is 22.6. The molecule has 0 spiro atoms. The third kappa shape index (κ3) is 9.94. The summed E-state index contributed by atoms with van der Waals surface area (Å²) >= 11 is 0. The van der Waals surface area contributed by atoms with Gasteiger partial charge >= 0.3 is 0 Å². The number of hydrogen-bond acceptors (Lipinski definition) is 20. The molecule has 2 heterocycles. The Labute approximate surface area is 276 Å². The van der Waals surface area contributed by atoms with Crippen molar-refractivity contribution in [3.05, 3.63) is 0 Å². The van der Waals surface area contributed by atoms with E-state index < -0.39 is 136 Å². The van der Waals surface area contributed by atoms with Crippen LogP contribution >= 0.6 is 0 Å². The quantitative estimate of drug-likeness (QED) is 0.0709. The van der Waals surface area contributed by atoms with Gasteiger partial charge in [0.05, 0.1) is 50.2 Å². The summed E-state index contributed by atoms with van der Waals surface area (Å²) in [5, 5.41) is 106. The van der Waals surface area contributed by atoms with Gasteiger partial charge in [0.2, 0.25) is 0 Å².